The number of para-hydroxylation sites is 1. The molecule has 0 saturated carbocycles. The lowest BCUT2D eigenvalue weighted by Gasteiger charge is -2.18. The molecule has 2 aromatic carbocycles. The average molecular weight is 388 g/mol. The summed E-state index contributed by atoms with van der Waals surface area (Å²) in [6.07, 6.45) is 4.16. The largest absolute Gasteiger partial charge is 0.361 e. The van der Waals surface area contributed by atoms with Gasteiger partial charge in [0.1, 0.15) is 12.6 Å². The maximum atomic E-state index is 12.5. The highest BCUT2D eigenvalue weighted by molar-refractivity contribution is 5.88. The summed E-state index contributed by atoms with van der Waals surface area (Å²) in [5, 5.41) is 15.2. The first kappa shape index (κ1) is 20.2. The molecule has 0 fully saturated rings. The second-order valence-corrected chi connectivity index (χ2v) is 6.90. The Kier molecular flexibility index (Phi) is 7.01. The minimum Gasteiger partial charge on any atom is -0.361 e. The number of nitriles is 1. The van der Waals surface area contributed by atoms with E-state index in [0.29, 0.717) is 19.3 Å². The van der Waals surface area contributed by atoms with E-state index in [2.05, 4.69) is 21.7 Å². The second kappa shape index (κ2) is 10.1. The summed E-state index contributed by atoms with van der Waals surface area (Å²) >= 11 is 0. The Morgan fingerprint density at radius 1 is 1.07 bits per heavy atom. The van der Waals surface area contributed by atoms with Gasteiger partial charge in [-0.3, -0.25) is 9.59 Å². The molecule has 3 N–H and O–H groups in total. The number of nitrogens with zero attached hydrogens (tertiary/aromatic N) is 1. The first-order valence-corrected chi connectivity index (χ1v) is 9.70. The highest BCUT2D eigenvalue weighted by Crippen LogP contribution is 2.19. The zero-order chi connectivity index (χ0) is 20.5. The number of benzene rings is 2. The van der Waals surface area contributed by atoms with Gasteiger partial charge >= 0.3 is 0 Å². The van der Waals surface area contributed by atoms with Crippen molar-refractivity contribution in [2.45, 2.75) is 31.7 Å². The molecule has 0 aliphatic rings. The van der Waals surface area contributed by atoms with Crippen molar-refractivity contribution in [3.8, 4) is 6.07 Å². The molecular weight excluding hydrogens is 364 g/mol. The third kappa shape index (κ3) is 5.69. The van der Waals surface area contributed by atoms with Crippen LogP contribution in [0.1, 0.15) is 24.0 Å². The Morgan fingerprint density at radius 3 is 2.62 bits per heavy atom. The third-order valence-corrected chi connectivity index (χ3v) is 4.80. The van der Waals surface area contributed by atoms with E-state index in [9.17, 15) is 9.59 Å². The fourth-order valence-electron chi connectivity index (χ4n) is 3.35. The maximum Gasteiger partial charge on any atom is 0.243 e. The molecule has 2 amide bonds. The minimum absolute atomic E-state index is 0.0828. The summed E-state index contributed by atoms with van der Waals surface area (Å²) in [4.78, 5) is 28.1. The molecule has 1 unspecified atom stereocenters. The number of H-pyrrole nitrogens is 1. The van der Waals surface area contributed by atoms with Gasteiger partial charge in [0.15, 0.2) is 0 Å². The minimum atomic E-state index is -0.702. The van der Waals surface area contributed by atoms with Crippen molar-refractivity contribution in [3.05, 3.63) is 71.9 Å². The van der Waals surface area contributed by atoms with Crippen LogP contribution in [0.15, 0.2) is 60.8 Å². The summed E-state index contributed by atoms with van der Waals surface area (Å²) in [6, 6.07) is 18.8. The molecule has 0 saturated heterocycles. The van der Waals surface area contributed by atoms with Crippen LogP contribution in [0.5, 0.6) is 0 Å². The lowest BCUT2D eigenvalue weighted by Crippen LogP contribution is -2.48. The fraction of sp³-hybridized carbons (Fsp3) is 0.261. The highest BCUT2D eigenvalue weighted by atomic mass is 16.2. The van der Waals surface area contributed by atoms with Crippen molar-refractivity contribution in [2.75, 3.05) is 6.54 Å². The maximum absolute atomic E-state index is 12.5. The van der Waals surface area contributed by atoms with E-state index >= 15 is 0 Å². The van der Waals surface area contributed by atoms with E-state index in [0.717, 1.165) is 17.5 Å². The van der Waals surface area contributed by atoms with Gasteiger partial charge in [-0.2, -0.15) is 5.26 Å². The number of aromatic amines is 1. The SMILES string of the molecule is N#CCNC(=O)C(Cc1ccccc1)NC(=O)CCCc1c[nH]c2ccccc12. The molecule has 148 valence electrons. The molecule has 6 nitrogen and oxygen atoms in total. The molecule has 0 radical (unpaired) electrons. The van der Waals surface area contributed by atoms with Crippen molar-refractivity contribution >= 4 is 22.7 Å². The topological polar surface area (TPSA) is 97.8 Å². The molecule has 6 heteroatoms. The summed E-state index contributed by atoms with van der Waals surface area (Å²) in [5.41, 5.74) is 3.22. The van der Waals surface area contributed by atoms with E-state index in [1.807, 2.05) is 60.8 Å². The molecule has 29 heavy (non-hydrogen) atoms. The number of hydrogen-bond acceptors (Lipinski definition) is 3. The number of amides is 2. The molecule has 1 heterocycles. The molecule has 3 aromatic rings. The van der Waals surface area contributed by atoms with Crippen LogP contribution in [0.4, 0.5) is 0 Å². The van der Waals surface area contributed by atoms with Crippen LogP contribution in [-0.2, 0) is 22.4 Å². The molecule has 3 rings (SSSR count). The summed E-state index contributed by atoms with van der Waals surface area (Å²) in [5.74, 6) is -0.515. The summed E-state index contributed by atoms with van der Waals surface area (Å²) in [6.45, 7) is -0.0828. The zero-order valence-corrected chi connectivity index (χ0v) is 16.2. The van der Waals surface area contributed by atoms with Gasteiger partial charge < -0.3 is 15.6 Å². The predicted octanol–water partition coefficient (Wildman–Crippen LogP) is 2.86. The summed E-state index contributed by atoms with van der Waals surface area (Å²) < 4.78 is 0. The normalized spacial score (nSPS) is 11.6. The first-order chi connectivity index (χ1) is 14.2. The van der Waals surface area contributed by atoms with Crippen LogP contribution in [0.25, 0.3) is 10.9 Å². The third-order valence-electron chi connectivity index (χ3n) is 4.80. The second-order valence-electron chi connectivity index (χ2n) is 6.90. The molecule has 0 bridgehead atoms. The van der Waals surface area contributed by atoms with Gasteiger partial charge in [-0.1, -0.05) is 48.5 Å². The standard InChI is InChI=1S/C23H24N4O2/c24-13-14-25-23(29)21(15-17-7-2-1-3-8-17)27-22(28)12-6-9-18-16-26-20-11-5-4-10-19(18)20/h1-5,7-8,10-11,16,21,26H,6,9,12,14-15H2,(H,25,29)(H,27,28). The van der Waals surface area contributed by atoms with Gasteiger partial charge in [0.05, 0.1) is 6.07 Å². The van der Waals surface area contributed by atoms with Crippen molar-refractivity contribution in [1.82, 2.24) is 15.6 Å². The van der Waals surface area contributed by atoms with Crippen LogP contribution in [-0.4, -0.2) is 29.4 Å². The quantitative estimate of drug-likeness (QED) is 0.492. The number of aromatic nitrogens is 1. The van der Waals surface area contributed by atoms with Crippen LogP contribution in [0, 0.1) is 11.3 Å². The van der Waals surface area contributed by atoms with E-state index in [1.54, 1.807) is 0 Å². The molecular formula is C23H24N4O2. The number of carbonyl (C=O) groups is 2. The van der Waals surface area contributed by atoms with Crippen molar-refractivity contribution in [1.29, 1.82) is 5.26 Å². The Bertz CT molecular complexity index is 1000. The molecule has 1 atom stereocenters. The van der Waals surface area contributed by atoms with Crippen molar-refractivity contribution in [2.24, 2.45) is 0 Å². The Balaban J connectivity index is 1.55. The lowest BCUT2D eigenvalue weighted by atomic mass is 10.0. The highest BCUT2D eigenvalue weighted by Gasteiger charge is 2.20. The number of aryl methyl sites for hydroxylation is 1. The van der Waals surface area contributed by atoms with Crippen LogP contribution in [0.2, 0.25) is 0 Å². The molecule has 0 aliphatic carbocycles. The van der Waals surface area contributed by atoms with E-state index in [-0.39, 0.29) is 18.4 Å². The van der Waals surface area contributed by atoms with Gasteiger partial charge in [-0.05, 0) is 30.0 Å². The van der Waals surface area contributed by atoms with Crippen molar-refractivity contribution < 1.29 is 9.59 Å². The zero-order valence-electron chi connectivity index (χ0n) is 16.2. The average Bonchev–Trinajstić information content (AvgIpc) is 3.15. The molecule has 0 spiro atoms. The number of nitrogens with one attached hydrogen (secondary N) is 3. The predicted molar refractivity (Wildman–Crippen MR) is 112 cm³/mol. The van der Waals surface area contributed by atoms with Crippen LogP contribution >= 0.6 is 0 Å². The van der Waals surface area contributed by atoms with E-state index in [4.69, 9.17) is 5.26 Å². The lowest BCUT2D eigenvalue weighted by molar-refractivity contribution is -0.128. The van der Waals surface area contributed by atoms with Gasteiger partial charge in [0.25, 0.3) is 0 Å². The number of rotatable bonds is 9. The Hall–Kier alpha value is -3.59. The number of fused-ring (bicyclic) bond motifs is 1. The summed E-state index contributed by atoms with van der Waals surface area (Å²) in [7, 11) is 0. The monoisotopic (exact) mass is 388 g/mol. The Morgan fingerprint density at radius 2 is 1.83 bits per heavy atom. The molecule has 1 aromatic heterocycles. The van der Waals surface area contributed by atoms with E-state index in [1.165, 1.54) is 10.9 Å². The van der Waals surface area contributed by atoms with Gasteiger partial charge in [-0.15, -0.1) is 0 Å². The Labute approximate surface area is 169 Å². The number of carbonyl (C=O) groups excluding carboxylic acids is 2. The van der Waals surface area contributed by atoms with Gasteiger partial charge in [0, 0.05) is 29.9 Å². The van der Waals surface area contributed by atoms with E-state index < -0.39 is 6.04 Å². The van der Waals surface area contributed by atoms with Crippen molar-refractivity contribution in [3.63, 3.8) is 0 Å². The first-order valence-electron chi connectivity index (χ1n) is 9.70. The van der Waals surface area contributed by atoms with Crippen LogP contribution in [0.3, 0.4) is 0 Å². The van der Waals surface area contributed by atoms with Gasteiger partial charge in [0.2, 0.25) is 11.8 Å². The fourth-order valence-corrected chi connectivity index (χ4v) is 3.35. The van der Waals surface area contributed by atoms with Crippen LogP contribution < -0.4 is 10.6 Å². The number of hydrogen-bond donors (Lipinski definition) is 3. The molecule has 0 aliphatic heterocycles. The smallest absolute Gasteiger partial charge is 0.243 e. The van der Waals surface area contributed by atoms with Gasteiger partial charge in [-0.25, -0.2) is 0 Å².